The summed E-state index contributed by atoms with van der Waals surface area (Å²) in [6, 6.07) is 7.41. The monoisotopic (exact) mass is 305 g/mol. The number of unbranched alkanes of at least 4 members (excludes halogenated alkanes) is 1. The highest BCUT2D eigenvalue weighted by Gasteiger charge is 2.16. The molecule has 0 bridgehead atoms. The topological polar surface area (TPSA) is 75.6 Å². The Kier molecular flexibility index (Phi) is 6.25. The van der Waals surface area contributed by atoms with E-state index in [4.69, 9.17) is 9.84 Å². The number of carbonyl (C=O) groups is 2. The van der Waals surface area contributed by atoms with Crippen molar-refractivity contribution in [3.05, 3.63) is 24.3 Å². The van der Waals surface area contributed by atoms with E-state index in [0.29, 0.717) is 25.4 Å². The first-order valence-corrected chi connectivity index (χ1v) is 7.92. The van der Waals surface area contributed by atoms with Gasteiger partial charge in [-0.2, -0.15) is 0 Å². The maximum absolute atomic E-state index is 11.7. The normalized spacial score (nSPS) is 14.7. The maximum atomic E-state index is 11.7. The van der Waals surface area contributed by atoms with E-state index in [-0.39, 0.29) is 12.3 Å². The Balaban J connectivity index is 1.70. The van der Waals surface area contributed by atoms with Gasteiger partial charge in [-0.1, -0.05) is 0 Å². The summed E-state index contributed by atoms with van der Waals surface area (Å²) in [4.78, 5) is 22.1. The highest BCUT2D eigenvalue weighted by Crippen LogP contribution is 2.25. The van der Waals surface area contributed by atoms with E-state index >= 15 is 0 Å². The van der Waals surface area contributed by atoms with Gasteiger partial charge in [0.25, 0.3) is 0 Å². The number of ether oxygens (including phenoxy) is 1. The Morgan fingerprint density at radius 2 is 1.73 bits per heavy atom. The number of anilines is 1. The number of carbonyl (C=O) groups excluding carboxylic acids is 1. The number of nitrogens with one attached hydrogen (secondary N) is 1. The van der Waals surface area contributed by atoms with Crippen LogP contribution in [-0.4, -0.2) is 23.1 Å². The zero-order valence-electron chi connectivity index (χ0n) is 12.7. The second-order valence-electron chi connectivity index (χ2n) is 5.70. The van der Waals surface area contributed by atoms with Crippen LogP contribution in [0.3, 0.4) is 0 Å². The van der Waals surface area contributed by atoms with Gasteiger partial charge in [0.2, 0.25) is 5.91 Å². The lowest BCUT2D eigenvalue weighted by atomic mass is 10.2. The van der Waals surface area contributed by atoms with Crippen molar-refractivity contribution in [1.29, 1.82) is 0 Å². The summed E-state index contributed by atoms with van der Waals surface area (Å²) in [5, 5.41) is 11.3. The summed E-state index contributed by atoms with van der Waals surface area (Å²) in [5.41, 5.74) is 0.738. The Hall–Kier alpha value is -2.04. The molecule has 0 saturated heterocycles. The number of hydrogen-bond donors (Lipinski definition) is 2. The van der Waals surface area contributed by atoms with Crippen molar-refractivity contribution < 1.29 is 19.4 Å². The van der Waals surface area contributed by atoms with Gasteiger partial charge in [0, 0.05) is 18.5 Å². The molecular weight excluding hydrogens is 282 g/mol. The summed E-state index contributed by atoms with van der Waals surface area (Å²) in [6.07, 6.45) is 6.60. The largest absolute Gasteiger partial charge is 0.490 e. The second-order valence-corrected chi connectivity index (χ2v) is 5.70. The summed E-state index contributed by atoms with van der Waals surface area (Å²) in [7, 11) is 0. The van der Waals surface area contributed by atoms with Crippen molar-refractivity contribution in [2.75, 3.05) is 5.32 Å². The van der Waals surface area contributed by atoms with E-state index in [0.717, 1.165) is 24.3 Å². The first kappa shape index (κ1) is 16.3. The van der Waals surface area contributed by atoms with Crippen LogP contribution < -0.4 is 10.1 Å². The van der Waals surface area contributed by atoms with Crippen LogP contribution in [0.4, 0.5) is 5.69 Å². The van der Waals surface area contributed by atoms with Crippen LogP contribution in [0.5, 0.6) is 5.75 Å². The smallest absolute Gasteiger partial charge is 0.303 e. The molecule has 1 aliphatic carbocycles. The molecule has 0 atom stereocenters. The van der Waals surface area contributed by atoms with Gasteiger partial charge >= 0.3 is 5.97 Å². The molecule has 0 unspecified atom stereocenters. The number of carboxylic acids is 1. The van der Waals surface area contributed by atoms with Gasteiger partial charge in [-0.15, -0.1) is 0 Å². The second kappa shape index (κ2) is 8.41. The number of rotatable bonds is 8. The molecule has 22 heavy (non-hydrogen) atoms. The highest BCUT2D eigenvalue weighted by molar-refractivity contribution is 5.90. The van der Waals surface area contributed by atoms with Crippen molar-refractivity contribution in [2.45, 2.75) is 57.5 Å². The van der Waals surface area contributed by atoms with Crippen LogP contribution in [0.2, 0.25) is 0 Å². The van der Waals surface area contributed by atoms with E-state index in [2.05, 4.69) is 5.32 Å². The van der Waals surface area contributed by atoms with Crippen molar-refractivity contribution >= 4 is 17.6 Å². The molecule has 0 radical (unpaired) electrons. The minimum absolute atomic E-state index is 0.0881. The fourth-order valence-electron chi connectivity index (χ4n) is 2.60. The Morgan fingerprint density at radius 3 is 2.36 bits per heavy atom. The molecule has 1 aromatic carbocycles. The van der Waals surface area contributed by atoms with Crippen LogP contribution >= 0.6 is 0 Å². The molecule has 2 rings (SSSR count). The molecule has 2 N–H and O–H groups in total. The molecule has 1 aromatic rings. The van der Waals surface area contributed by atoms with Crippen molar-refractivity contribution in [2.24, 2.45) is 0 Å². The molecule has 0 spiro atoms. The highest BCUT2D eigenvalue weighted by atomic mass is 16.5. The van der Waals surface area contributed by atoms with Gasteiger partial charge in [-0.25, -0.2) is 0 Å². The van der Waals surface area contributed by atoms with Gasteiger partial charge in [0.05, 0.1) is 6.10 Å². The van der Waals surface area contributed by atoms with Gasteiger partial charge in [-0.3, -0.25) is 9.59 Å². The fourth-order valence-corrected chi connectivity index (χ4v) is 2.60. The molecule has 0 heterocycles. The SMILES string of the molecule is O=C(O)CCCCC(=O)Nc1ccc(OC2CCCC2)cc1. The first-order chi connectivity index (χ1) is 10.6. The molecular formula is C17H23NO4. The third-order valence-corrected chi connectivity index (χ3v) is 3.79. The lowest BCUT2D eigenvalue weighted by Crippen LogP contribution is -2.12. The predicted octanol–water partition coefficient (Wildman–Crippen LogP) is 3.59. The summed E-state index contributed by atoms with van der Waals surface area (Å²) in [6.45, 7) is 0. The lowest BCUT2D eigenvalue weighted by molar-refractivity contribution is -0.137. The average Bonchev–Trinajstić information content (AvgIpc) is 2.98. The average molecular weight is 305 g/mol. The molecule has 5 heteroatoms. The number of benzene rings is 1. The van der Waals surface area contributed by atoms with Crippen molar-refractivity contribution in [3.8, 4) is 5.75 Å². The van der Waals surface area contributed by atoms with Crippen LogP contribution in [0, 0.1) is 0 Å². The fraction of sp³-hybridized carbons (Fsp3) is 0.529. The Morgan fingerprint density at radius 1 is 1.09 bits per heavy atom. The number of hydrogen-bond acceptors (Lipinski definition) is 3. The van der Waals surface area contributed by atoms with Gasteiger partial charge in [-0.05, 0) is 62.8 Å². The standard InChI is InChI=1S/C17H23NO4/c19-16(7-3-4-8-17(20)21)18-13-9-11-15(12-10-13)22-14-5-1-2-6-14/h9-12,14H,1-8H2,(H,18,19)(H,20,21). The van der Waals surface area contributed by atoms with Crippen LogP contribution in [-0.2, 0) is 9.59 Å². The minimum Gasteiger partial charge on any atom is -0.490 e. The maximum Gasteiger partial charge on any atom is 0.303 e. The van der Waals surface area contributed by atoms with Gasteiger partial charge in [0.1, 0.15) is 5.75 Å². The molecule has 1 amide bonds. The number of amides is 1. The summed E-state index contributed by atoms with van der Waals surface area (Å²) < 4.78 is 5.87. The van der Waals surface area contributed by atoms with Crippen molar-refractivity contribution in [1.82, 2.24) is 0 Å². The molecule has 1 fully saturated rings. The van der Waals surface area contributed by atoms with Crippen LogP contribution in [0.1, 0.15) is 51.4 Å². The zero-order chi connectivity index (χ0) is 15.8. The van der Waals surface area contributed by atoms with E-state index in [1.54, 1.807) is 0 Å². The molecule has 1 aliphatic rings. The molecule has 120 valence electrons. The minimum atomic E-state index is -0.821. The quantitative estimate of drug-likeness (QED) is 0.720. The third kappa shape index (κ3) is 5.76. The van der Waals surface area contributed by atoms with E-state index in [9.17, 15) is 9.59 Å². The number of carboxylic acid groups (broad SMARTS) is 1. The van der Waals surface area contributed by atoms with E-state index in [1.165, 1.54) is 12.8 Å². The Bertz CT molecular complexity index is 492. The zero-order valence-corrected chi connectivity index (χ0v) is 12.7. The van der Waals surface area contributed by atoms with Gasteiger partial charge in [0.15, 0.2) is 0 Å². The lowest BCUT2D eigenvalue weighted by Gasteiger charge is -2.13. The Labute approximate surface area is 130 Å². The van der Waals surface area contributed by atoms with Crippen molar-refractivity contribution in [3.63, 3.8) is 0 Å². The van der Waals surface area contributed by atoms with E-state index in [1.807, 2.05) is 24.3 Å². The summed E-state index contributed by atoms with van der Waals surface area (Å²) in [5.74, 6) is -0.0699. The molecule has 1 saturated carbocycles. The third-order valence-electron chi connectivity index (χ3n) is 3.79. The number of aliphatic carboxylic acids is 1. The van der Waals surface area contributed by atoms with E-state index < -0.39 is 5.97 Å². The predicted molar refractivity (Wildman–Crippen MR) is 84.1 cm³/mol. The van der Waals surface area contributed by atoms with Gasteiger partial charge < -0.3 is 15.2 Å². The molecule has 0 aromatic heterocycles. The first-order valence-electron chi connectivity index (χ1n) is 7.92. The molecule has 0 aliphatic heterocycles. The van der Waals surface area contributed by atoms with Crippen LogP contribution in [0.15, 0.2) is 24.3 Å². The van der Waals surface area contributed by atoms with Crippen LogP contribution in [0.25, 0.3) is 0 Å². The molecule has 5 nitrogen and oxygen atoms in total. The summed E-state index contributed by atoms with van der Waals surface area (Å²) >= 11 is 0.